The number of benzene rings is 2. The van der Waals surface area contributed by atoms with Crippen LogP contribution in [0.15, 0.2) is 42.5 Å². The molecule has 3 aromatic rings. The molecule has 0 aliphatic rings. The van der Waals surface area contributed by atoms with Crippen molar-refractivity contribution in [2.45, 2.75) is 6.92 Å². The number of pyridine rings is 1. The van der Waals surface area contributed by atoms with Gasteiger partial charge in [-0.1, -0.05) is 29.8 Å². The maximum Gasteiger partial charge on any atom is 0.142 e. The van der Waals surface area contributed by atoms with Gasteiger partial charge >= 0.3 is 0 Å². The van der Waals surface area contributed by atoms with Crippen molar-refractivity contribution >= 4 is 17.4 Å². The van der Waals surface area contributed by atoms with Gasteiger partial charge in [-0.25, -0.2) is 9.37 Å². The van der Waals surface area contributed by atoms with Gasteiger partial charge < -0.3 is 10.5 Å². The second-order valence-electron chi connectivity index (χ2n) is 5.68. The molecule has 0 saturated heterocycles. The fraction of sp³-hybridized carbons (Fsp3) is 0.100. The highest BCUT2D eigenvalue weighted by molar-refractivity contribution is 6.30. The molecule has 4 nitrogen and oxygen atoms in total. The van der Waals surface area contributed by atoms with E-state index >= 15 is 0 Å². The summed E-state index contributed by atoms with van der Waals surface area (Å²) in [4.78, 5) is 4.29. The predicted molar refractivity (Wildman–Crippen MR) is 100 cm³/mol. The third-order valence-electron chi connectivity index (χ3n) is 4.10. The summed E-state index contributed by atoms with van der Waals surface area (Å²) in [6, 6.07) is 13.8. The molecule has 0 saturated carbocycles. The Morgan fingerprint density at radius 3 is 2.35 bits per heavy atom. The summed E-state index contributed by atoms with van der Waals surface area (Å²) in [6.45, 7) is 1.80. The lowest BCUT2D eigenvalue weighted by molar-refractivity contribution is 0.415. The Morgan fingerprint density at radius 2 is 1.77 bits per heavy atom. The van der Waals surface area contributed by atoms with Crippen molar-refractivity contribution < 1.29 is 9.13 Å². The molecule has 0 aliphatic carbocycles. The smallest absolute Gasteiger partial charge is 0.142 e. The molecule has 1 aromatic heterocycles. The molecule has 2 N–H and O–H groups in total. The lowest BCUT2D eigenvalue weighted by Crippen LogP contribution is -2.03. The van der Waals surface area contributed by atoms with Crippen molar-refractivity contribution in [1.29, 1.82) is 5.26 Å². The third-order valence-corrected chi connectivity index (χ3v) is 4.41. The molecule has 0 bridgehead atoms. The van der Waals surface area contributed by atoms with Gasteiger partial charge in [-0.2, -0.15) is 5.26 Å². The van der Waals surface area contributed by atoms with Crippen molar-refractivity contribution in [3.05, 3.63) is 64.6 Å². The van der Waals surface area contributed by atoms with Crippen LogP contribution in [-0.4, -0.2) is 12.1 Å². The first-order chi connectivity index (χ1) is 12.5. The molecular formula is C20H15ClFN3O. The summed E-state index contributed by atoms with van der Waals surface area (Å²) >= 11 is 5.80. The van der Waals surface area contributed by atoms with Crippen molar-refractivity contribution in [2.75, 3.05) is 12.8 Å². The van der Waals surface area contributed by atoms with Crippen LogP contribution < -0.4 is 10.5 Å². The lowest BCUT2D eigenvalue weighted by atomic mass is 9.90. The Bertz CT molecular complexity index is 1030. The van der Waals surface area contributed by atoms with Gasteiger partial charge in [0.15, 0.2) is 0 Å². The molecule has 2 aromatic carbocycles. The second kappa shape index (κ2) is 7.03. The average Bonchev–Trinajstić information content (AvgIpc) is 2.63. The predicted octanol–water partition coefficient (Wildman–Crippen LogP) is 4.98. The Morgan fingerprint density at radius 1 is 1.12 bits per heavy atom. The van der Waals surface area contributed by atoms with Crippen LogP contribution in [0.2, 0.25) is 5.02 Å². The molecule has 26 heavy (non-hydrogen) atoms. The SMILES string of the molecule is COc1ccc(-c2c(C)nc(N)c(C#N)c2-c2ccc(Cl)c(F)c2)cc1. The molecule has 0 amide bonds. The highest BCUT2D eigenvalue weighted by atomic mass is 35.5. The van der Waals surface area contributed by atoms with Gasteiger partial charge in [-0.05, 0) is 42.3 Å². The lowest BCUT2D eigenvalue weighted by Gasteiger charge is -2.16. The summed E-state index contributed by atoms with van der Waals surface area (Å²) in [6.07, 6.45) is 0. The van der Waals surface area contributed by atoms with Crippen LogP contribution in [0.4, 0.5) is 10.2 Å². The quantitative estimate of drug-likeness (QED) is 0.708. The van der Waals surface area contributed by atoms with E-state index in [0.717, 1.165) is 5.56 Å². The van der Waals surface area contributed by atoms with E-state index in [1.165, 1.54) is 12.1 Å². The molecular weight excluding hydrogens is 353 g/mol. The number of aryl methyl sites for hydroxylation is 1. The molecule has 0 radical (unpaired) electrons. The first kappa shape index (κ1) is 17.7. The zero-order chi connectivity index (χ0) is 18.8. The highest BCUT2D eigenvalue weighted by Crippen LogP contribution is 2.39. The summed E-state index contributed by atoms with van der Waals surface area (Å²) in [7, 11) is 1.58. The Labute approximate surface area is 155 Å². The minimum absolute atomic E-state index is 0.0111. The van der Waals surface area contributed by atoms with E-state index in [1.807, 2.05) is 24.3 Å². The topological polar surface area (TPSA) is 71.9 Å². The Hall–Kier alpha value is -3.10. The standard InChI is InChI=1S/C20H15ClFN3O/c1-11-18(12-3-6-14(26-2)7-4-12)19(15(10-23)20(24)25-11)13-5-8-16(21)17(22)9-13/h3-9H,1-2H3,(H2,24,25). The van der Waals surface area contributed by atoms with Gasteiger partial charge in [0.25, 0.3) is 0 Å². The first-order valence-corrected chi connectivity index (χ1v) is 8.14. The van der Waals surface area contributed by atoms with E-state index < -0.39 is 5.82 Å². The number of nitrogens with zero attached hydrogens (tertiary/aromatic N) is 2. The largest absolute Gasteiger partial charge is 0.497 e. The van der Waals surface area contributed by atoms with E-state index in [2.05, 4.69) is 11.1 Å². The molecule has 1 heterocycles. The molecule has 0 unspecified atom stereocenters. The van der Waals surface area contributed by atoms with Crippen LogP contribution in [0.3, 0.4) is 0 Å². The molecule has 6 heteroatoms. The Balaban J connectivity index is 2.36. The normalized spacial score (nSPS) is 10.4. The number of nitrogens with two attached hydrogens (primary N) is 1. The van der Waals surface area contributed by atoms with Gasteiger partial charge in [-0.3, -0.25) is 0 Å². The van der Waals surface area contributed by atoms with Crippen LogP contribution in [0.1, 0.15) is 11.3 Å². The van der Waals surface area contributed by atoms with Crippen molar-refractivity contribution in [1.82, 2.24) is 4.98 Å². The maximum absolute atomic E-state index is 14.1. The monoisotopic (exact) mass is 367 g/mol. The van der Waals surface area contributed by atoms with Crippen LogP contribution >= 0.6 is 11.6 Å². The fourth-order valence-electron chi connectivity index (χ4n) is 2.89. The molecule has 0 aliphatic heterocycles. The molecule has 0 atom stereocenters. The minimum atomic E-state index is -0.568. The van der Waals surface area contributed by atoms with Gasteiger partial charge in [0.2, 0.25) is 0 Å². The minimum Gasteiger partial charge on any atom is -0.497 e. The number of hydrogen-bond donors (Lipinski definition) is 1. The summed E-state index contributed by atoms with van der Waals surface area (Å²) in [5.41, 5.74) is 9.35. The number of anilines is 1. The molecule has 130 valence electrons. The van der Waals surface area contributed by atoms with E-state index in [1.54, 1.807) is 20.1 Å². The van der Waals surface area contributed by atoms with E-state index in [9.17, 15) is 9.65 Å². The molecule has 0 spiro atoms. The maximum atomic E-state index is 14.1. The van der Waals surface area contributed by atoms with E-state index in [-0.39, 0.29) is 16.4 Å². The van der Waals surface area contributed by atoms with Gasteiger partial charge in [0, 0.05) is 16.8 Å². The number of methoxy groups -OCH3 is 1. The van der Waals surface area contributed by atoms with Crippen LogP contribution in [0.5, 0.6) is 5.75 Å². The Kier molecular flexibility index (Phi) is 4.79. The number of ether oxygens (including phenoxy) is 1. The molecule has 0 fully saturated rings. The number of aromatic nitrogens is 1. The van der Waals surface area contributed by atoms with E-state index in [4.69, 9.17) is 22.1 Å². The summed E-state index contributed by atoms with van der Waals surface area (Å²) < 4.78 is 19.2. The van der Waals surface area contributed by atoms with Gasteiger partial charge in [0.1, 0.15) is 29.0 Å². The number of nitrogen functional groups attached to an aromatic ring is 1. The summed E-state index contributed by atoms with van der Waals surface area (Å²) in [5, 5.41) is 9.63. The van der Waals surface area contributed by atoms with Crippen molar-refractivity contribution in [3.8, 4) is 34.1 Å². The first-order valence-electron chi connectivity index (χ1n) is 7.76. The number of nitriles is 1. The van der Waals surface area contributed by atoms with Gasteiger partial charge in [0.05, 0.1) is 12.1 Å². The number of halogens is 2. The number of rotatable bonds is 3. The van der Waals surface area contributed by atoms with Crippen molar-refractivity contribution in [3.63, 3.8) is 0 Å². The summed E-state index contributed by atoms with van der Waals surface area (Å²) in [5.74, 6) is 0.240. The van der Waals surface area contributed by atoms with Crippen molar-refractivity contribution in [2.24, 2.45) is 0 Å². The fourth-order valence-corrected chi connectivity index (χ4v) is 3.01. The zero-order valence-corrected chi connectivity index (χ0v) is 14.9. The molecule has 3 rings (SSSR count). The van der Waals surface area contributed by atoms with E-state index in [0.29, 0.717) is 28.1 Å². The average molecular weight is 368 g/mol. The van der Waals surface area contributed by atoms with Crippen LogP contribution in [-0.2, 0) is 0 Å². The second-order valence-corrected chi connectivity index (χ2v) is 6.08. The zero-order valence-electron chi connectivity index (χ0n) is 14.2. The van der Waals surface area contributed by atoms with Crippen LogP contribution in [0.25, 0.3) is 22.3 Å². The van der Waals surface area contributed by atoms with Crippen LogP contribution in [0, 0.1) is 24.1 Å². The van der Waals surface area contributed by atoms with Gasteiger partial charge in [-0.15, -0.1) is 0 Å². The third kappa shape index (κ3) is 3.07. The number of hydrogen-bond acceptors (Lipinski definition) is 4. The highest BCUT2D eigenvalue weighted by Gasteiger charge is 2.20.